The van der Waals surface area contributed by atoms with Crippen LogP contribution in [0.5, 0.6) is 0 Å². The van der Waals surface area contributed by atoms with Gasteiger partial charge in [-0.05, 0) is 18.2 Å². The maximum absolute atomic E-state index is 12.2. The topological polar surface area (TPSA) is 61.9 Å². The van der Waals surface area contributed by atoms with Gasteiger partial charge in [-0.25, -0.2) is 0 Å². The van der Waals surface area contributed by atoms with Crippen LogP contribution in [0, 0.1) is 0 Å². The highest BCUT2D eigenvalue weighted by atomic mass is 16.5. The number of nitrogens with zero attached hydrogens (tertiary/aromatic N) is 2. The number of hydrogen-bond donors (Lipinski definition) is 1. The Balaban J connectivity index is 0.00000139. The lowest BCUT2D eigenvalue weighted by atomic mass is 10.3. The van der Waals surface area contributed by atoms with Crippen LogP contribution < -0.4 is 5.32 Å². The first-order valence-electron chi connectivity index (χ1n) is 7.90. The van der Waals surface area contributed by atoms with Crippen molar-refractivity contribution in [2.75, 3.05) is 19.6 Å². The molecule has 0 aromatic carbocycles. The van der Waals surface area contributed by atoms with Crippen molar-refractivity contribution in [3.05, 3.63) is 61.6 Å². The molecule has 0 spiro atoms. The Morgan fingerprint density at radius 1 is 1.29 bits per heavy atom. The van der Waals surface area contributed by atoms with Crippen LogP contribution in [0.2, 0.25) is 0 Å². The molecule has 1 fully saturated rings. The molecular formula is C18H25N3O3. The van der Waals surface area contributed by atoms with Crippen molar-refractivity contribution in [1.29, 1.82) is 0 Å². The fourth-order valence-electron chi connectivity index (χ4n) is 2.26. The normalized spacial score (nSPS) is 20.1. The molecule has 0 radical (unpaired) electrons. The third kappa shape index (κ3) is 4.38. The monoisotopic (exact) mass is 331 g/mol. The summed E-state index contributed by atoms with van der Waals surface area (Å²) in [5.41, 5.74) is 0.734. The molecule has 2 heterocycles. The largest absolute Gasteiger partial charge is 0.450 e. The highest BCUT2D eigenvalue weighted by Gasteiger charge is 2.35. The molecule has 0 saturated carbocycles. The Kier molecular flexibility index (Phi) is 7.55. The number of hydrogen-bond acceptors (Lipinski definition) is 4. The molecule has 24 heavy (non-hydrogen) atoms. The number of ether oxygens (including phenoxy) is 1. The second-order valence-corrected chi connectivity index (χ2v) is 4.74. The van der Waals surface area contributed by atoms with Crippen molar-refractivity contribution in [1.82, 2.24) is 15.1 Å². The van der Waals surface area contributed by atoms with Crippen molar-refractivity contribution in [2.24, 2.45) is 0 Å². The van der Waals surface area contributed by atoms with E-state index in [-0.39, 0.29) is 18.4 Å². The number of allylic oxidation sites excluding steroid dienone is 4. The van der Waals surface area contributed by atoms with E-state index in [1.807, 2.05) is 13.8 Å². The molecule has 2 amide bonds. The molecule has 1 N–H and O–H groups in total. The first-order valence-corrected chi connectivity index (χ1v) is 7.90. The van der Waals surface area contributed by atoms with Gasteiger partial charge in [0.2, 0.25) is 11.8 Å². The summed E-state index contributed by atoms with van der Waals surface area (Å²) in [4.78, 5) is 26.8. The average molecular weight is 331 g/mol. The summed E-state index contributed by atoms with van der Waals surface area (Å²) >= 11 is 0. The first kappa shape index (κ1) is 19.3. The van der Waals surface area contributed by atoms with E-state index in [1.54, 1.807) is 29.2 Å². The van der Waals surface area contributed by atoms with Gasteiger partial charge >= 0.3 is 0 Å². The number of nitrogens with one attached hydrogen (secondary N) is 1. The Morgan fingerprint density at radius 2 is 2.00 bits per heavy atom. The van der Waals surface area contributed by atoms with Gasteiger partial charge < -0.3 is 15.0 Å². The minimum absolute atomic E-state index is 0.0215. The van der Waals surface area contributed by atoms with Crippen LogP contribution in [-0.2, 0) is 14.3 Å². The molecule has 0 aromatic heterocycles. The van der Waals surface area contributed by atoms with E-state index in [9.17, 15) is 9.59 Å². The zero-order valence-corrected chi connectivity index (χ0v) is 14.3. The fraction of sp³-hybridized carbons (Fsp3) is 0.333. The molecule has 0 bridgehead atoms. The number of amides is 2. The SMILES string of the molecule is C=C/C=C\C1=C(C=C)OC(N2CCN(C(=O)C=C)CC2=O)N1.CC. The Hall–Kier alpha value is -2.76. The van der Waals surface area contributed by atoms with Gasteiger partial charge in [-0.2, -0.15) is 0 Å². The lowest BCUT2D eigenvalue weighted by Gasteiger charge is -2.36. The summed E-state index contributed by atoms with van der Waals surface area (Å²) in [5.74, 6) is 0.143. The van der Waals surface area contributed by atoms with Gasteiger partial charge in [0.05, 0.1) is 5.70 Å². The summed E-state index contributed by atoms with van der Waals surface area (Å²) in [7, 11) is 0. The third-order valence-electron chi connectivity index (χ3n) is 3.39. The van der Waals surface area contributed by atoms with Crippen molar-refractivity contribution < 1.29 is 14.3 Å². The smallest absolute Gasteiger partial charge is 0.253 e. The van der Waals surface area contributed by atoms with E-state index in [0.29, 0.717) is 18.8 Å². The highest BCUT2D eigenvalue weighted by molar-refractivity contribution is 5.91. The van der Waals surface area contributed by atoms with E-state index in [2.05, 4.69) is 25.1 Å². The standard InChI is InChI=1S/C16H19N3O3.C2H6/c1-4-7-8-12-13(5-2)22-16(17-12)19-10-9-18(11-15(19)21)14(20)6-3;1-2/h4-8,16-17H,1-3,9-11H2;1-2H3/b8-7-;. The van der Waals surface area contributed by atoms with Crippen LogP contribution in [0.25, 0.3) is 0 Å². The van der Waals surface area contributed by atoms with Crippen molar-refractivity contribution >= 4 is 11.8 Å². The van der Waals surface area contributed by atoms with Crippen LogP contribution in [-0.4, -0.2) is 47.6 Å². The molecule has 6 heteroatoms. The second-order valence-electron chi connectivity index (χ2n) is 4.74. The minimum Gasteiger partial charge on any atom is -0.450 e. The minimum atomic E-state index is -0.592. The summed E-state index contributed by atoms with van der Waals surface area (Å²) in [6.45, 7) is 15.6. The molecule has 2 aliphatic heterocycles. The molecule has 1 saturated heterocycles. The summed E-state index contributed by atoms with van der Waals surface area (Å²) in [6.07, 6.45) is 7.41. The van der Waals surface area contributed by atoms with Crippen LogP contribution in [0.15, 0.2) is 61.6 Å². The van der Waals surface area contributed by atoms with Crippen LogP contribution in [0.1, 0.15) is 13.8 Å². The van der Waals surface area contributed by atoms with Crippen LogP contribution >= 0.6 is 0 Å². The van der Waals surface area contributed by atoms with Crippen molar-refractivity contribution in [3.8, 4) is 0 Å². The number of carbonyl (C=O) groups excluding carboxylic acids is 2. The summed E-state index contributed by atoms with van der Waals surface area (Å²) < 4.78 is 5.70. The number of carbonyl (C=O) groups is 2. The number of piperazine rings is 1. The molecule has 130 valence electrons. The molecule has 0 aromatic rings. The molecular weight excluding hydrogens is 306 g/mol. The lowest BCUT2D eigenvalue weighted by molar-refractivity contribution is -0.153. The van der Waals surface area contributed by atoms with Gasteiger partial charge in [-0.1, -0.05) is 45.7 Å². The van der Waals surface area contributed by atoms with Crippen molar-refractivity contribution in [2.45, 2.75) is 20.2 Å². The van der Waals surface area contributed by atoms with Gasteiger partial charge in [0.25, 0.3) is 6.35 Å². The van der Waals surface area contributed by atoms with E-state index in [0.717, 1.165) is 5.70 Å². The molecule has 1 unspecified atom stereocenters. The molecule has 2 rings (SSSR count). The van der Waals surface area contributed by atoms with Gasteiger partial charge in [-0.15, -0.1) is 0 Å². The Bertz CT molecular complexity index is 578. The highest BCUT2D eigenvalue weighted by Crippen LogP contribution is 2.21. The molecule has 0 aliphatic carbocycles. The zero-order valence-electron chi connectivity index (χ0n) is 14.3. The van der Waals surface area contributed by atoms with Crippen LogP contribution in [0.3, 0.4) is 0 Å². The summed E-state index contributed by atoms with van der Waals surface area (Å²) in [6, 6.07) is 0. The van der Waals surface area contributed by atoms with Crippen LogP contribution in [0.4, 0.5) is 0 Å². The van der Waals surface area contributed by atoms with Gasteiger partial charge in [0, 0.05) is 13.1 Å². The average Bonchev–Trinajstić information content (AvgIpc) is 3.03. The summed E-state index contributed by atoms with van der Waals surface area (Å²) in [5, 5.41) is 3.12. The number of rotatable bonds is 5. The third-order valence-corrected chi connectivity index (χ3v) is 3.39. The molecule has 2 aliphatic rings. The molecule has 1 atom stereocenters. The van der Waals surface area contributed by atoms with Gasteiger partial charge in [-0.3, -0.25) is 14.5 Å². The van der Waals surface area contributed by atoms with E-state index in [4.69, 9.17) is 4.74 Å². The van der Waals surface area contributed by atoms with E-state index >= 15 is 0 Å². The van der Waals surface area contributed by atoms with Gasteiger partial charge in [0.15, 0.2) is 0 Å². The molecule has 6 nitrogen and oxygen atoms in total. The quantitative estimate of drug-likeness (QED) is 0.617. The zero-order chi connectivity index (χ0) is 18.1. The van der Waals surface area contributed by atoms with E-state index in [1.165, 1.54) is 11.0 Å². The second kappa shape index (κ2) is 9.39. The maximum Gasteiger partial charge on any atom is 0.253 e. The Labute approximate surface area is 143 Å². The first-order chi connectivity index (χ1) is 11.6. The maximum atomic E-state index is 12.2. The fourth-order valence-corrected chi connectivity index (χ4v) is 2.26. The predicted octanol–water partition coefficient (Wildman–Crippen LogP) is 1.91. The Morgan fingerprint density at radius 3 is 2.54 bits per heavy atom. The predicted molar refractivity (Wildman–Crippen MR) is 94.4 cm³/mol. The van der Waals surface area contributed by atoms with E-state index < -0.39 is 6.35 Å². The van der Waals surface area contributed by atoms with Crippen molar-refractivity contribution in [3.63, 3.8) is 0 Å². The van der Waals surface area contributed by atoms with Gasteiger partial charge in [0.1, 0.15) is 12.3 Å². The lowest BCUT2D eigenvalue weighted by Crippen LogP contribution is -2.57.